The molecule has 0 unspecified atom stereocenters. The number of nitrogens with one attached hydrogen (secondary N) is 2. The van der Waals surface area contributed by atoms with Crippen LogP contribution in [0.15, 0.2) is 53.1 Å². The molecule has 31 heavy (non-hydrogen) atoms. The van der Waals surface area contributed by atoms with Gasteiger partial charge in [0.1, 0.15) is 11.3 Å². The van der Waals surface area contributed by atoms with Crippen molar-refractivity contribution in [3.63, 3.8) is 0 Å². The maximum absolute atomic E-state index is 12.5. The summed E-state index contributed by atoms with van der Waals surface area (Å²) in [7, 11) is 0. The number of anilines is 2. The molecule has 2 aromatic heterocycles. The van der Waals surface area contributed by atoms with Crippen molar-refractivity contribution in [1.29, 1.82) is 0 Å². The number of rotatable bonds is 7. The van der Waals surface area contributed by atoms with Crippen LogP contribution in [0.2, 0.25) is 0 Å². The quantitative estimate of drug-likeness (QED) is 0.379. The highest BCUT2D eigenvalue weighted by Gasteiger charge is 2.13. The fraction of sp³-hybridized carbons (Fsp3) is 0.261. The summed E-state index contributed by atoms with van der Waals surface area (Å²) >= 11 is 1.38. The smallest absolute Gasteiger partial charge is 0.325 e. The van der Waals surface area contributed by atoms with Crippen LogP contribution in [0.25, 0.3) is 11.1 Å². The van der Waals surface area contributed by atoms with Crippen molar-refractivity contribution in [1.82, 2.24) is 9.97 Å². The van der Waals surface area contributed by atoms with E-state index in [0.717, 1.165) is 21.5 Å². The Morgan fingerprint density at radius 1 is 1.19 bits per heavy atom. The van der Waals surface area contributed by atoms with E-state index in [9.17, 15) is 4.79 Å². The summed E-state index contributed by atoms with van der Waals surface area (Å²) in [5.41, 5.74) is 3.27. The molecule has 2 aromatic carbocycles. The molecule has 0 spiro atoms. The Morgan fingerprint density at radius 2 is 2.03 bits per heavy atom. The van der Waals surface area contributed by atoms with E-state index in [1.54, 1.807) is 6.20 Å². The van der Waals surface area contributed by atoms with Gasteiger partial charge < -0.3 is 14.5 Å². The van der Waals surface area contributed by atoms with Crippen molar-refractivity contribution in [3.05, 3.63) is 65.0 Å². The minimum Gasteiger partial charge on any atom is -0.491 e. The van der Waals surface area contributed by atoms with Crippen molar-refractivity contribution >= 4 is 39.3 Å². The average Bonchev–Trinajstić information content (AvgIpc) is 3.34. The van der Waals surface area contributed by atoms with E-state index in [2.05, 4.69) is 34.4 Å². The van der Waals surface area contributed by atoms with E-state index in [-0.39, 0.29) is 6.03 Å². The van der Waals surface area contributed by atoms with E-state index in [1.807, 2.05) is 49.4 Å². The first-order valence-electron chi connectivity index (χ1n) is 10.1. The van der Waals surface area contributed by atoms with Gasteiger partial charge in [-0.25, -0.2) is 14.8 Å². The molecule has 0 bridgehead atoms. The zero-order valence-electron chi connectivity index (χ0n) is 17.6. The number of oxazole rings is 1. The third kappa shape index (κ3) is 5.40. The van der Waals surface area contributed by atoms with Crippen LogP contribution in [0, 0.1) is 12.8 Å². The summed E-state index contributed by atoms with van der Waals surface area (Å²) in [6.07, 6.45) is 2.24. The SMILES string of the molecule is Cc1ccc(NC(=O)Nc2ncc(Cc3nc4ccccc4o3)s2)c(OCC(C)C)c1. The van der Waals surface area contributed by atoms with Crippen LogP contribution in [0.4, 0.5) is 15.6 Å². The van der Waals surface area contributed by atoms with Crippen molar-refractivity contribution < 1.29 is 13.9 Å². The molecule has 0 aliphatic carbocycles. The number of amides is 2. The van der Waals surface area contributed by atoms with Gasteiger partial charge in [0.25, 0.3) is 0 Å². The molecule has 4 rings (SSSR count). The summed E-state index contributed by atoms with van der Waals surface area (Å²) in [6.45, 7) is 6.72. The maximum Gasteiger partial charge on any atom is 0.325 e. The Bertz CT molecular complexity index is 1170. The lowest BCUT2D eigenvalue weighted by Crippen LogP contribution is -2.20. The highest BCUT2D eigenvalue weighted by molar-refractivity contribution is 7.15. The Hall–Kier alpha value is -3.39. The number of benzene rings is 2. The van der Waals surface area contributed by atoms with Crippen LogP contribution in [0.1, 0.15) is 30.2 Å². The molecule has 0 saturated heterocycles. The Balaban J connectivity index is 1.39. The number of fused-ring (bicyclic) bond motifs is 1. The van der Waals surface area contributed by atoms with E-state index < -0.39 is 0 Å². The van der Waals surface area contributed by atoms with Crippen molar-refractivity contribution in [3.8, 4) is 5.75 Å². The minimum atomic E-state index is -0.374. The minimum absolute atomic E-state index is 0.374. The number of nitrogens with zero attached hydrogens (tertiary/aromatic N) is 2. The highest BCUT2D eigenvalue weighted by Crippen LogP contribution is 2.27. The van der Waals surface area contributed by atoms with Crippen LogP contribution in [-0.4, -0.2) is 22.6 Å². The molecule has 2 amide bonds. The summed E-state index contributed by atoms with van der Waals surface area (Å²) < 4.78 is 11.6. The second-order valence-corrected chi connectivity index (χ2v) is 8.78. The second kappa shape index (κ2) is 9.18. The van der Waals surface area contributed by atoms with Crippen molar-refractivity contribution in [2.75, 3.05) is 17.2 Å². The van der Waals surface area contributed by atoms with Crippen molar-refractivity contribution in [2.45, 2.75) is 27.2 Å². The first-order chi connectivity index (χ1) is 15.0. The molecule has 0 aliphatic rings. The third-order valence-electron chi connectivity index (χ3n) is 4.40. The summed E-state index contributed by atoms with van der Waals surface area (Å²) in [6, 6.07) is 13.0. The lowest BCUT2D eigenvalue weighted by atomic mass is 10.2. The predicted octanol–water partition coefficient (Wildman–Crippen LogP) is 5.86. The number of ether oxygens (including phenoxy) is 1. The van der Waals surface area contributed by atoms with Crippen LogP contribution < -0.4 is 15.4 Å². The maximum atomic E-state index is 12.5. The fourth-order valence-corrected chi connectivity index (χ4v) is 3.75. The zero-order chi connectivity index (χ0) is 21.8. The van der Waals surface area contributed by atoms with Gasteiger partial charge in [0.15, 0.2) is 10.7 Å². The molecule has 0 radical (unpaired) electrons. The summed E-state index contributed by atoms with van der Waals surface area (Å²) in [4.78, 5) is 22.2. The monoisotopic (exact) mass is 436 g/mol. The summed E-state index contributed by atoms with van der Waals surface area (Å²) in [5.74, 6) is 1.66. The molecule has 4 aromatic rings. The van der Waals surface area contributed by atoms with Gasteiger partial charge in [0, 0.05) is 11.1 Å². The van der Waals surface area contributed by atoms with Gasteiger partial charge in [-0.15, -0.1) is 11.3 Å². The number of carbonyl (C=O) groups is 1. The number of aryl methyl sites for hydroxylation is 1. The van der Waals surface area contributed by atoms with Crippen LogP contribution in [0.5, 0.6) is 5.75 Å². The lowest BCUT2D eigenvalue weighted by Gasteiger charge is -2.14. The summed E-state index contributed by atoms with van der Waals surface area (Å²) in [5, 5.41) is 6.13. The molecule has 0 fully saturated rings. The normalized spacial score (nSPS) is 11.1. The van der Waals surface area contributed by atoms with E-state index in [4.69, 9.17) is 9.15 Å². The Kier molecular flexibility index (Phi) is 6.18. The van der Waals surface area contributed by atoms with Gasteiger partial charge in [0.05, 0.1) is 18.7 Å². The average molecular weight is 437 g/mol. The number of urea groups is 1. The standard InChI is InChI=1S/C23H24N4O3S/c1-14(2)13-29-20-10-15(3)8-9-18(20)26-22(28)27-23-24-12-16(31-23)11-21-25-17-6-4-5-7-19(17)30-21/h4-10,12,14H,11,13H2,1-3H3,(H2,24,26,27,28). The molecule has 0 saturated carbocycles. The molecule has 7 nitrogen and oxygen atoms in total. The van der Waals surface area contributed by atoms with Gasteiger partial charge >= 0.3 is 6.03 Å². The first-order valence-corrected chi connectivity index (χ1v) is 10.9. The predicted molar refractivity (Wildman–Crippen MR) is 123 cm³/mol. The number of thiazole rings is 1. The number of hydrogen-bond donors (Lipinski definition) is 2. The van der Waals surface area contributed by atoms with Gasteiger partial charge in [-0.2, -0.15) is 0 Å². The van der Waals surface area contributed by atoms with Gasteiger partial charge in [-0.1, -0.05) is 32.0 Å². The lowest BCUT2D eigenvalue weighted by molar-refractivity contribution is 0.260. The third-order valence-corrected chi connectivity index (χ3v) is 5.31. The molecule has 2 N–H and O–H groups in total. The largest absolute Gasteiger partial charge is 0.491 e. The highest BCUT2D eigenvalue weighted by atomic mass is 32.1. The fourth-order valence-electron chi connectivity index (χ4n) is 2.95. The topological polar surface area (TPSA) is 89.3 Å². The number of hydrogen-bond acceptors (Lipinski definition) is 6. The number of para-hydroxylation sites is 2. The van der Waals surface area contributed by atoms with Gasteiger partial charge in [-0.3, -0.25) is 5.32 Å². The number of carbonyl (C=O) groups excluding carboxylic acids is 1. The molecular weight excluding hydrogens is 412 g/mol. The van der Waals surface area contributed by atoms with E-state index in [0.29, 0.717) is 41.4 Å². The van der Waals surface area contributed by atoms with Crippen LogP contribution >= 0.6 is 11.3 Å². The van der Waals surface area contributed by atoms with Crippen molar-refractivity contribution in [2.24, 2.45) is 5.92 Å². The van der Waals surface area contributed by atoms with Crippen LogP contribution in [-0.2, 0) is 6.42 Å². The van der Waals surface area contributed by atoms with Crippen LogP contribution in [0.3, 0.4) is 0 Å². The zero-order valence-corrected chi connectivity index (χ0v) is 18.5. The van der Waals surface area contributed by atoms with Gasteiger partial charge in [-0.05, 0) is 42.7 Å². The Labute approximate surface area is 184 Å². The molecular formula is C23H24N4O3S. The van der Waals surface area contributed by atoms with E-state index >= 15 is 0 Å². The Morgan fingerprint density at radius 3 is 2.84 bits per heavy atom. The second-order valence-electron chi connectivity index (χ2n) is 7.67. The molecule has 0 atom stereocenters. The first kappa shape index (κ1) is 20.9. The molecule has 2 heterocycles. The van der Waals surface area contributed by atoms with Gasteiger partial charge in [0.2, 0.25) is 5.89 Å². The molecule has 8 heteroatoms. The molecule has 0 aliphatic heterocycles. The molecule has 160 valence electrons. The number of aromatic nitrogens is 2. The van der Waals surface area contributed by atoms with E-state index in [1.165, 1.54) is 11.3 Å².